The van der Waals surface area contributed by atoms with Gasteiger partial charge in [0.25, 0.3) is 0 Å². The van der Waals surface area contributed by atoms with Gasteiger partial charge in [0.05, 0.1) is 5.56 Å². The summed E-state index contributed by atoms with van der Waals surface area (Å²) < 4.78 is 37.4. The predicted molar refractivity (Wildman–Crippen MR) is 52.0 cm³/mol. The van der Waals surface area contributed by atoms with Crippen molar-refractivity contribution in [3.63, 3.8) is 0 Å². The molecule has 0 atom stereocenters. The van der Waals surface area contributed by atoms with Gasteiger partial charge in [-0.2, -0.15) is 13.2 Å². The van der Waals surface area contributed by atoms with Crippen LogP contribution in [0.3, 0.4) is 0 Å². The zero-order valence-corrected chi connectivity index (χ0v) is 9.17. The Morgan fingerprint density at radius 1 is 1.36 bits per heavy atom. The third kappa shape index (κ3) is 2.40. The highest BCUT2D eigenvalue weighted by Gasteiger charge is 2.35. The largest absolute Gasteiger partial charge is 0.417 e. The van der Waals surface area contributed by atoms with E-state index in [1.54, 1.807) is 0 Å². The molecule has 0 radical (unpaired) electrons. The fourth-order valence-corrected chi connectivity index (χ4v) is 2.20. The van der Waals surface area contributed by atoms with Crippen LogP contribution in [-0.2, 0) is 12.7 Å². The monoisotopic (exact) mass is 287 g/mol. The molecule has 0 fully saturated rings. The van der Waals surface area contributed by atoms with E-state index in [2.05, 4.69) is 15.9 Å². The highest BCUT2D eigenvalue weighted by Crippen LogP contribution is 2.38. The molecule has 2 N–H and O–H groups in total. The summed E-state index contributed by atoms with van der Waals surface area (Å²) in [7, 11) is 0. The molecule has 1 aromatic carbocycles. The maximum atomic E-state index is 12.5. The summed E-state index contributed by atoms with van der Waals surface area (Å²) in [5, 5.41) is 0.227. The molecule has 1 rings (SSSR count). The van der Waals surface area contributed by atoms with Crippen LogP contribution in [0, 0.1) is 0 Å². The molecule has 0 saturated carbocycles. The van der Waals surface area contributed by atoms with Crippen molar-refractivity contribution in [2.45, 2.75) is 12.7 Å². The zero-order valence-electron chi connectivity index (χ0n) is 6.83. The Bertz CT molecular complexity index is 351. The molecule has 0 amide bonds. The van der Waals surface area contributed by atoms with Crippen molar-refractivity contribution in [1.82, 2.24) is 0 Å². The number of alkyl halides is 3. The molecule has 0 spiro atoms. The number of hydrogen-bond acceptors (Lipinski definition) is 1. The van der Waals surface area contributed by atoms with E-state index in [0.717, 1.165) is 0 Å². The van der Waals surface area contributed by atoms with Crippen LogP contribution in [0.25, 0.3) is 0 Å². The lowest BCUT2D eigenvalue weighted by molar-refractivity contribution is -0.138. The van der Waals surface area contributed by atoms with E-state index in [-0.39, 0.29) is 21.6 Å². The topological polar surface area (TPSA) is 26.0 Å². The lowest BCUT2D eigenvalue weighted by Gasteiger charge is -2.13. The molecule has 0 saturated heterocycles. The van der Waals surface area contributed by atoms with Gasteiger partial charge < -0.3 is 5.73 Å². The van der Waals surface area contributed by atoms with Crippen LogP contribution in [0.1, 0.15) is 11.1 Å². The van der Waals surface area contributed by atoms with E-state index in [1.165, 1.54) is 12.1 Å². The van der Waals surface area contributed by atoms with Crippen molar-refractivity contribution in [1.29, 1.82) is 0 Å². The Balaban J connectivity index is 3.40. The second-order valence-electron chi connectivity index (χ2n) is 2.62. The maximum absolute atomic E-state index is 12.5. The smallest absolute Gasteiger partial charge is 0.326 e. The van der Waals surface area contributed by atoms with Crippen LogP contribution in [0.15, 0.2) is 16.6 Å². The summed E-state index contributed by atoms with van der Waals surface area (Å²) in [6.07, 6.45) is -4.42. The Hall–Kier alpha value is -0.260. The van der Waals surface area contributed by atoms with Gasteiger partial charge in [-0.1, -0.05) is 27.5 Å². The first kappa shape index (κ1) is 11.8. The number of nitrogens with two attached hydrogens (primary N) is 1. The van der Waals surface area contributed by atoms with Gasteiger partial charge in [-0.15, -0.1) is 0 Å². The van der Waals surface area contributed by atoms with Gasteiger partial charge >= 0.3 is 6.18 Å². The van der Waals surface area contributed by atoms with E-state index in [0.29, 0.717) is 0 Å². The lowest BCUT2D eigenvalue weighted by Crippen LogP contribution is -2.12. The van der Waals surface area contributed by atoms with Gasteiger partial charge in [-0.25, -0.2) is 0 Å². The minimum atomic E-state index is -4.42. The van der Waals surface area contributed by atoms with E-state index < -0.39 is 11.7 Å². The molecule has 14 heavy (non-hydrogen) atoms. The molecule has 0 heterocycles. The minimum absolute atomic E-state index is 0.0168. The fraction of sp³-hybridized carbons (Fsp3) is 0.250. The molecule has 0 aliphatic carbocycles. The molecule has 0 unspecified atom stereocenters. The van der Waals surface area contributed by atoms with E-state index in [4.69, 9.17) is 17.3 Å². The van der Waals surface area contributed by atoms with Gasteiger partial charge in [-0.05, 0) is 17.7 Å². The normalized spacial score (nSPS) is 11.9. The van der Waals surface area contributed by atoms with Crippen molar-refractivity contribution in [2.24, 2.45) is 5.73 Å². The summed E-state index contributed by atoms with van der Waals surface area (Å²) in [6.45, 7) is -0.200. The molecular formula is C8H6BrClF3N. The van der Waals surface area contributed by atoms with Gasteiger partial charge in [0, 0.05) is 16.0 Å². The third-order valence-corrected chi connectivity index (χ3v) is 2.48. The first-order valence-corrected chi connectivity index (χ1v) is 4.78. The molecule has 1 aromatic rings. The second kappa shape index (κ2) is 4.08. The van der Waals surface area contributed by atoms with Gasteiger partial charge in [-0.3, -0.25) is 0 Å². The Morgan fingerprint density at radius 2 is 1.93 bits per heavy atom. The van der Waals surface area contributed by atoms with Crippen LogP contribution < -0.4 is 5.73 Å². The zero-order chi connectivity index (χ0) is 10.9. The summed E-state index contributed by atoms with van der Waals surface area (Å²) in [6, 6.07) is 2.42. The van der Waals surface area contributed by atoms with Gasteiger partial charge in [0.1, 0.15) is 0 Å². The average Bonchev–Trinajstić information content (AvgIpc) is 1.99. The van der Waals surface area contributed by atoms with Crippen LogP contribution in [0.4, 0.5) is 13.2 Å². The van der Waals surface area contributed by atoms with Crippen LogP contribution >= 0.6 is 27.5 Å². The summed E-state index contributed by atoms with van der Waals surface area (Å²) >= 11 is 8.41. The Labute approximate surface area is 92.2 Å². The van der Waals surface area contributed by atoms with Crippen LogP contribution in [-0.4, -0.2) is 0 Å². The van der Waals surface area contributed by atoms with E-state index in [1.807, 2.05) is 0 Å². The number of halogens is 5. The highest BCUT2D eigenvalue weighted by atomic mass is 79.9. The highest BCUT2D eigenvalue weighted by molar-refractivity contribution is 9.10. The van der Waals surface area contributed by atoms with E-state index >= 15 is 0 Å². The predicted octanol–water partition coefficient (Wildman–Crippen LogP) is 3.58. The molecule has 0 aliphatic rings. The third-order valence-electron chi connectivity index (χ3n) is 1.64. The van der Waals surface area contributed by atoms with Crippen molar-refractivity contribution < 1.29 is 13.2 Å². The van der Waals surface area contributed by atoms with Crippen molar-refractivity contribution in [2.75, 3.05) is 0 Å². The molecule has 0 aliphatic heterocycles. The number of rotatable bonds is 1. The van der Waals surface area contributed by atoms with Gasteiger partial charge in [0.15, 0.2) is 0 Å². The van der Waals surface area contributed by atoms with Crippen LogP contribution in [0.5, 0.6) is 0 Å². The molecule has 0 aromatic heterocycles. The second-order valence-corrected chi connectivity index (χ2v) is 3.91. The fourth-order valence-electron chi connectivity index (χ4n) is 1.11. The summed E-state index contributed by atoms with van der Waals surface area (Å²) in [5.74, 6) is 0. The average molecular weight is 288 g/mol. The maximum Gasteiger partial charge on any atom is 0.417 e. The Morgan fingerprint density at radius 3 is 2.36 bits per heavy atom. The number of benzene rings is 1. The molecular weight excluding hydrogens is 282 g/mol. The SMILES string of the molecule is NCc1cc(Cl)cc(Br)c1C(F)(F)F. The first-order chi connectivity index (χ1) is 6.36. The molecule has 78 valence electrons. The summed E-state index contributed by atoms with van der Waals surface area (Å²) in [5.41, 5.74) is 4.43. The van der Waals surface area contributed by atoms with Crippen LogP contribution in [0.2, 0.25) is 5.02 Å². The molecule has 6 heteroatoms. The van der Waals surface area contributed by atoms with Crippen molar-refractivity contribution in [3.05, 3.63) is 32.8 Å². The van der Waals surface area contributed by atoms with Crippen molar-refractivity contribution >= 4 is 27.5 Å². The quantitative estimate of drug-likeness (QED) is 0.840. The molecule has 1 nitrogen and oxygen atoms in total. The summed E-state index contributed by atoms with van der Waals surface area (Å²) in [4.78, 5) is 0. The van der Waals surface area contributed by atoms with Crippen molar-refractivity contribution in [3.8, 4) is 0 Å². The Kier molecular flexibility index (Phi) is 3.44. The lowest BCUT2D eigenvalue weighted by atomic mass is 10.1. The number of hydrogen-bond donors (Lipinski definition) is 1. The molecule has 0 bridgehead atoms. The minimum Gasteiger partial charge on any atom is -0.326 e. The van der Waals surface area contributed by atoms with Gasteiger partial charge in [0.2, 0.25) is 0 Å². The standard InChI is InChI=1S/C8H6BrClF3N/c9-6-2-5(10)1-4(3-14)7(6)8(11,12)13/h1-2H,3,14H2. The first-order valence-electron chi connectivity index (χ1n) is 3.61. The van der Waals surface area contributed by atoms with E-state index in [9.17, 15) is 13.2 Å².